The highest BCUT2D eigenvalue weighted by atomic mass is 32.1. The van der Waals surface area contributed by atoms with Crippen LogP contribution in [0, 0.1) is 6.92 Å². The molecule has 0 atom stereocenters. The third-order valence-electron chi connectivity index (χ3n) is 6.40. The number of carbonyl (C=O) groups excluding carboxylic acids is 2. The predicted molar refractivity (Wildman–Crippen MR) is 146 cm³/mol. The number of ether oxygens (including phenoxy) is 1. The van der Waals surface area contributed by atoms with E-state index in [9.17, 15) is 9.59 Å². The van der Waals surface area contributed by atoms with E-state index in [1.165, 1.54) is 27.8 Å². The van der Waals surface area contributed by atoms with Crippen molar-refractivity contribution in [2.45, 2.75) is 32.6 Å². The molecule has 0 N–H and O–H groups in total. The molecule has 0 heterocycles. The highest BCUT2D eigenvalue weighted by molar-refractivity contribution is 7.80. The van der Waals surface area contributed by atoms with Gasteiger partial charge >= 0.3 is 5.97 Å². The molecule has 4 heteroatoms. The first-order chi connectivity index (χ1) is 16.8. The molecule has 3 aromatic carbocycles. The molecule has 0 saturated carbocycles. The second kappa shape index (κ2) is 10.5. The van der Waals surface area contributed by atoms with Gasteiger partial charge in [0.2, 0.25) is 0 Å². The van der Waals surface area contributed by atoms with Crippen molar-refractivity contribution in [3.05, 3.63) is 118 Å². The molecule has 178 valence electrons. The van der Waals surface area contributed by atoms with Crippen LogP contribution in [0.1, 0.15) is 68.8 Å². The summed E-state index contributed by atoms with van der Waals surface area (Å²) in [5.74, 6) is 0.0617. The van der Waals surface area contributed by atoms with Gasteiger partial charge in [-0.05, 0) is 70.9 Å². The number of benzene rings is 3. The van der Waals surface area contributed by atoms with Crippen molar-refractivity contribution in [2.75, 3.05) is 12.4 Å². The van der Waals surface area contributed by atoms with Gasteiger partial charge in [0.15, 0.2) is 5.78 Å². The summed E-state index contributed by atoms with van der Waals surface area (Å²) < 4.78 is 5.08. The number of hydrogen-bond donors (Lipinski definition) is 1. The van der Waals surface area contributed by atoms with Crippen LogP contribution in [-0.4, -0.2) is 24.1 Å². The molecule has 35 heavy (non-hydrogen) atoms. The van der Waals surface area contributed by atoms with Gasteiger partial charge in [0.05, 0.1) is 5.56 Å². The van der Waals surface area contributed by atoms with Crippen LogP contribution >= 0.6 is 12.6 Å². The van der Waals surface area contributed by atoms with Gasteiger partial charge in [-0.2, -0.15) is 12.6 Å². The molecular formula is C31H30O3S. The fourth-order valence-electron chi connectivity index (χ4n) is 4.30. The molecule has 0 saturated heterocycles. The van der Waals surface area contributed by atoms with Crippen LogP contribution in [0.5, 0.6) is 0 Å². The Balaban J connectivity index is 1.55. The summed E-state index contributed by atoms with van der Waals surface area (Å²) in [7, 11) is 0. The summed E-state index contributed by atoms with van der Waals surface area (Å²) in [5.41, 5.74) is 7.97. The fourth-order valence-corrected chi connectivity index (χ4v) is 4.39. The Bertz CT molecular complexity index is 1300. The Morgan fingerprint density at radius 2 is 1.66 bits per heavy atom. The number of hydrogen-bond acceptors (Lipinski definition) is 4. The number of fused-ring (bicyclic) bond motifs is 1. The maximum Gasteiger partial charge on any atom is 0.338 e. The maximum atomic E-state index is 13.0. The van der Waals surface area contributed by atoms with Crippen LogP contribution in [0.25, 0.3) is 11.6 Å². The minimum atomic E-state index is -0.374. The van der Waals surface area contributed by atoms with Crippen molar-refractivity contribution in [1.29, 1.82) is 0 Å². The number of ketones is 1. The molecule has 0 fully saturated rings. The van der Waals surface area contributed by atoms with E-state index in [-0.39, 0.29) is 23.8 Å². The Labute approximate surface area is 212 Å². The van der Waals surface area contributed by atoms with E-state index in [1.807, 2.05) is 12.1 Å². The molecule has 0 bridgehead atoms. The monoisotopic (exact) mass is 482 g/mol. The lowest BCUT2D eigenvalue weighted by atomic mass is 9.71. The molecule has 3 aromatic rings. The zero-order valence-corrected chi connectivity index (χ0v) is 21.3. The zero-order chi connectivity index (χ0) is 25.0. The highest BCUT2D eigenvalue weighted by Gasteiger charge is 2.29. The summed E-state index contributed by atoms with van der Waals surface area (Å²) in [6.07, 6.45) is 6.58. The predicted octanol–water partition coefficient (Wildman–Crippen LogP) is 7.09. The first-order valence-corrected chi connectivity index (χ1v) is 12.4. The molecule has 0 aliphatic heterocycles. The molecule has 0 radical (unpaired) electrons. The normalized spacial score (nSPS) is 14.3. The number of allylic oxidation sites excluding steroid dienone is 2. The average Bonchev–Trinajstić information content (AvgIpc) is 2.87. The van der Waals surface area contributed by atoms with Crippen LogP contribution in [0.4, 0.5) is 0 Å². The minimum absolute atomic E-state index is 0.0488. The maximum absolute atomic E-state index is 13.0. The molecule has 0 unspecified atom stereocenters. The summed E-state index contributed by atoms with van der Waals surface area (Å²) >= 11 is 4.04. The van der Waals surface area contributed by atoms with Gasteiger partial charge in [0, 0.05) is 11.3 Å². The van der Waals surface area contributed by atoms with Gasteiger partial charge in [-0.3, -0.25) is 4.79 Å². The number of aryl methyl sites for hydroxylation is 1. The Morgan fingerprint density at radius 1 is 0.971 bits per heavy atom. The van der Waals surface area contributed by atoms with Crippen LogP contribution in [-0.2, 0) is 10.2 Å². The quantitative estimate of drug-likeness (QED) is 0.169. The third kappa shape index (κ3) is 5.66. The van der Waals surface area contributed by atoms with E-state index in [0.717, 1.165) is 12.0 Å². The molecule has 4 rings (SSSR count). The van der Waals surface area contributed by atoms with Gasteiger partial charge < -0.3 is 4.74 Å². The standard InChI is InChI=1S/C31H30O3S/c1-21-4-9-23(10-5-21)26-16-17-31(2,3)28-20-25(13-14-27(26)28)29(32)15-8-22-6-11-24(12-7-22)30(33)34-18-19-35/h4-16,20,35H,17-19H2,1-3H3/b15-8+. The molecule has 0 aromatic heterocycles. The van der Waals surface area contributed by atoms with E-state index in [1.54, 1.807) is 36.4 Å². The minimum Gasteiger partial charge on any atom is -0.461 e. The average molecular weight is 483 g/mol. The summed E-state index contributed by atoms with van der Waals surface area (Å²) in [5, 5.41) is 0. The van der Waals surface area contributed by atoms with Crippen molar-refractivity contribution in [3.8, 4) is 0 Å². The topological polar surface area (TPSA) is 43.4 Å². The third-order valence-corrected chi connectivity index (χ3v) is 6.58. The first-order valence-electron chi connectivity index (χ1n) is 11.8. The highest BCUT2D eigenvalue weighted by Crippen LogP contribution is 2.41. The molecule has 1 aliphatic rings. The van der Waals surface area contributed by atoms with Gasteiger partial charge in [-0.15, -0.1) is 0 Å². The number of rotatable bonds is 7. The zero-order valence-electron chi connectivity index (χ0n) is 20.4. The smallest absolute Gasteiger partial charge is 0.338 e. The Kier molecular flexibility index (Phi) is 7.42. The van der Waals surface area contributed by atoms with Gasteiger partial charge in [0.25, 0.3) is 0 Å². The first kappa shape index (κ1) is 24.7. The lowest BCUT2D eigenvalue weighted by Crippen LogP contribution is -2.22. The number of esters is 1. The summed E-state index contributed by atoms with van der Waals surface area (Å²) in [6, 6.07) is 21.6. The van der Waals surface area contributed by atoms with Crippen molar-refractivity contribution in [2.24, 2.45) is 0 Å². The van der Waals surface area contributed by atoms with E-state index in [2.05, 4.69) is 69.8 Å². The summed E-state index contributed by atoms with van der Waals surface area (Å²) in [6.45, 7) is 6.81. The Hall–Kier alpha value is -3.37. The summed E-state index contributed by atoms with van der Waals surface area (Å²) in [4.78, 5) is 24.9. The van der Waals surface area contributed by atoms with Crippen LogP contribution in [0.2, 0.25) is 0 Å². The van der Waals surface area contributed by atoms with E-state index in [4.69, 9.17) is 4.74 Å². The molecule has 0 spiro atoms. The van der Waals surface area contributed by atoms with Crippen molar-refractivity contribution >= 4 is 36.0 Å². The van der Waals surface area contributed by atoms with Crippen molar-refractivity contribution in [3.63, 3.8) is 0 Å². The second-order valence-electron chi connectivity index (χ2n) is 9.51. The molecule has 0 amide bonds. The lowest BCUT2D eigenvalue weighted by Gasteiger charge is -2.32. The van der Waals surface area contributed by atoms with Crippen molar-refractivity contribution in [1.82, 2.24) is 0 Å². The van der Waals surface area contributed by atoms with Crippen molar-refractivity contribution < 1.29 is 14.3 Å². The van der Waals surface area contributed by atoms with E-state index in [0.29, 0.717) is 16.9 Å². The fraction of sp³-hybridized carbons (Fsp3) is 0.226. The van der Waals surface area contributed by atoms with Crippen LogP contribution < -0.4 is 0 Å². The SMILES string of the molecule is Cc1ccc(C2=CCC(C)(C)c3cc(C(=O)/C=C/c4ccc(C(=O)OCCS)cc4)ccc32)cc1. The van der Waals surface area contributed by atoms with E-state index < -0.39 is 0 Å². The van der Waals surface area contributed by atoms with Crippen LogP contribution in [0.3, 0.4) is 0 Å². The number of thiol groups is 1. The molecular weight excluding hydrogens is 452 g/mol. The number of carbonyl (C=O) groups is 2. The largest absolute Gasteiger partial charge is 0.461 e. The van der Waals surface area contributed by atoms with Gasteiger partial charge in [-0.1, -0.05) is 80.1 Å². The van der Waals surface area contributed by atoms with Crippen LogP contribution in [0.15, 0.2) is 78.9 Å². The molecule has 3 nitrogen and oxygen atoms in total. The van der Waals surface area contributed by atoms with Gasteiger partial charge in [0.1, 0.15) is 6.61 Å². The van der Waals surface area contributed by atoms with Gasteiger partial charge in [-0.25, -0.2) is 4.79 Å². The lowest BCUT2D eigenvalue weighted by molar-refractivity contribution is 0.0530. The van der Waals surface area contributed by atoms with E-state index >= 15 is 0 Å². The molecule has 1 aliphatic carbocycles. The Morgan fingerprint density at radius 3 is 2.34 bits per heavy atom. The second-order valence-corrected chi connectivity index (χ2v) is 9.96.